The van der Waals surface area contributed by atoms with Crippen LogP contribution in [-0.4, -0.2) is 29.7 Å². The van der Waals surface area contributed by atoms with Crippen molar-refractivity contribution >= 4 is 22.8 Å². The molecule has 2 N–H and O–H groups in total. The highest BCUT2D eigenvalue weighted by atomic mass is 35.5. The lowest BCUT2D eigenvalue weighted by Crippen LogP contribution is -2.24. The summed E-state index contributed by atoms with van der Waals surface area (Å²) in [6.45, 7) is 3.30. The van der Waals surface area contributed by atoms with Gasteiger partial charge in [0, 0.05) is 0 Å². The number of aromatic nitrogens is 6. The van der Waals surface area contributed by atoms with Crippen LogP contribution in [0.5, 0.6) is 0 Å². The zero-order valence-corrected chi connectivity index (χ0v) is 11.2. The molecule has 0 amide bonds. The molecule has 9 nitrogen and oxygen atoms in total. The molecule has 0 aliphatic carbocycles. The van der Waals surface area contributed by atoms with Crippen molar-refractivity contribution in [1.82, 2.24) is 29.7 Å². The molecule has 0 saturated heterocycles. The van der Waals surface area contributed by atoms with Crippen molar-refractivity contribution in [3.05, 3.63) is 38.4 Å². The Morgan fingerprint density at radius 1 is 1.25 bits per heavy atom. The summed E-state index contributed by atoms with van der Waals surface area (Å²) in [6.07, 6.45) is 0. The van der Waals surface area contributed by atoms with Crippen LogP contribution in [0.1, 0.15) is 23.0 Å². The normalized spacial score (nSPS) is 12.9. The monoisotopic (exact) mass is 296 g/mol. The molecule has 20 heavy (non-hydrogen) atoms. The van der Waals surface area contributed by atoms with E-state index in [4.69, 9.17) is 16.1 Å². The fraction of sp³-hybridized carbons (Fsp3) is 0.300. The fourth-order valence-electron chi connectivity index (χ4n) is 1.95. The van der Waals surface area contributed by atoms with Crippen LogP contribution >= 0.6 is 11.6 Å². The Balaban J connectivity index is 2.28. The Morgan fingerprint density at radius 2 is 2.00 bits per heavy atom. The summed E-state index contributed by atoms with van der Waals surface area (Å²) in [5.74, 6) is 0.996. The number of hydrogen-bond acceptors (Lipinski definition) is 6. The maximum absolute atomic E-state index is 11.9. The third-order valence-electron chi connectivity index (χ3n) is 2.74. The number of fused-ring (bicyclic) bond motifs is 1. The molecular weight excluding hydrogens is 288 g/mol. The smallest absolute Gasteiger partial charge is 0.327 e. The molecule has 3 aromatic rings. The van der Waals surface area contributed by atoms with Crippen molar-refractivity contribution in [3.63, 3.8) is 0 Å². The first kappa shape index (κ1) is 12.6. The van der Waals surface area contributed by atoms with E-state index in [0.717, 1.165) is 0 Å². The lowest BCUT2D eigenvalue weighted by atomic mass is 10.5. The van der Waals surface area contributed by atoms with Gasteiger partial charge in [-0.25, -0.2) is 9.78 Å². The molecule has 10 heteroatoms. The van der Waals surface area contributed by atoms with Gasteiger partial charge in [0.1, 0.15) is 5.82 Å². The van der Waals surface area contributed by atoms with E-state index in [1.165, 1.54) is 4.57 Å². The van der Waals surface area contributed by atoms with Crippen LogP contribution in [-0.2, 0) is 0 Å². The minimum Gasteiger partial charge on any atom is -0.336 e. The predicted octanol–water partition coefficient (Wildman–Crippen LogP) is 0.198. The van der Waals surface area contributed by atoms with Gasteiger partial charge in [-0.15, -0.1) is 0 Å². The van der Waals surface area contributed by atoms with Crippen molar-refractivity contribution < 1.29 is 4.52 Å². The molecule has 3 heterocycles. The number of nitrogens with one attached hydrogen (secondary N) is 2. The predicted molar refractivity (Wildman–Crippen MR) is 68.7 cm³/mol. The van der Waals surface area contributed by atoms with E-state index >= 15 is 0 Å². The molecule has 0 spiro atoms. The van der Waals surface area contributed by atoms with Crippen molar-refractivity contribution in [3.8, 4) is 0 Å². The van der Waals surface area contributed by atoms with Gasteiger partial charge in [0.2, 0.25) is 0 Å². The number of hydrogen-bond donors (Lipinski definition) is 2. The van der Waals surface area contributed by atoms with Crippen LogP contribution in [0.3, 0.4) is 0 Å². The molecule has 0 fully saturated rings. The summed E-state index contributed by atoms with van der Waals surface area (Å²) < 4.78 is 6.41. The van der Waals surface area contributed by atoms with E-state index in [9.17, 15) is 9.59 Å². The van der Waals surface area contributed by atoms with Crippen LogP contribution in [0.2, 0.25) is 0 Å². The van der Waals surface area contributed by atoms with E-state index in [2.05, 4.69) is 25.1 Å². The van der Waals surface area contributed by atoms with Crippen molar-refractivity contribution in [2.75, 3.05) is 0 Å². The number of H-pyrrole nitrogens is 2. The number of imidazole rings is 1. The molecule has 0 aliphatic rings. The van der Waals surface area contributed by atoms with Crippen LogP contribution in [0, 0.1) is 13.8 Å². The summed E-state index contributed by atoms with van der Waals surface area (Å²) >= 11 is 6.26. The van der Waals surface area contributed by atoms with E-state index < -0.39 is 16.8 Å². The molecule has 0 bridgehead atoms. The second kappa shape index (κ2) is 4.30. The van der Waals surface area contributed by atoms with Gasteiger partial charge in [-0.2, -0.15) is 4.98 Å². The third-order valence-corrected chi connectivity index (χ3v) is 3.12. The number of rotatable bonds is 2. The number of alkyl halides is 1. The topological polar surface area (TPSA) is 122 Å². The van der Waals surface area contributed by atoms with E-state index in [-0.39, 0.29) is 17.1 Å². The zero-order chi connectivity index (χ0) is 14.4. The van der Waals surface area contributed by atoms with Gasteiger partial charge in [0.05, 0.1) is 0 Å². The molecule has 0 aliphatic heterocycles. The minimum absolute atomic E-state index is 0.136. The van der Waals surface area contributed by atoms with Crippen molar-refractivity contribution in [2.24, 2.45) is 0 Å². The summed E-state index contributed by atoms with van der Waals surface area (Å²) in [5.41, 5.74) is -1.83. The first-order valence-electron chi connectivity index (χ1n) is 5.63. The first-order valence-corrected chi connectivity index (χ1v) is 6.06. The van der Waals surface area contributed by atoms with Gasteiger partial charge in [-0.1, -0.05) is 16.8 Å². The van der Waals surface area contributed by atoms with E-state index in [1.54, 1.807) is 13.8 Å². The Hall–Kier alpha value is -2.42. The quantitative estimate of drug-likeness (QED) is 0.651. The van der Waals surface area contributed by atoms with Crippen LogP contribution in [0.15, 0.2) is 14.1 Å². The zero-order valence-electron chi connectivity index (χ0n) is 10.5. The largest absolute Gasteiger partial charge is 0.336 e. The average Bonchev–Trinajstić information content (AvgIpc) is 2.91. The van der Waals surface area contributed by atoms with E-state index in [1.807, 2.05) is 0 Å². The number of aryl methyl sites for hydroxylation is 2. The van der Waals surface area contributed by atoms with Gasteiger partial charge in [-0.05, 0) is 13.8 Å². The van der Waals surface area contributed by atoms with E-state index in [0.29, 0.717) is 11.6 Å². The van der Waals surface area contributed by atoms with Gasteiger partial charge in [0.25, 0.3) is 11.4 Å². The van der Waals surface area contributed by atoms with Crippen LogP contribution in [0.4, 0.5) is 0 Å². The highest BCUT2D eigenvalue weighted by molar-refractivity contribution is 6.20. The second-order valence-corrected chi connectivity index (χ2v) is 4.56. The number of aromatic amines is 2. The van der Waals surface area contributed by atoms with Gasteiger partial charge in [0.15, 0.2) is 22.5 Å². The van der Waals surface area contributed by atoms with Crippen molar-refractivity contribution in [2.45, 2.75) is 19.3 Å². The SMILES string of the molecule is Cc1noc(C(Cl)n2c(C)nc3[nH]c(=O)[nH]c(=O)c32)n1. The lowest BCUT2D eigenvalue weighted by Gasteiger charge is -2.08. The summed E-state index contributed by atoms with van der Waals surface area (Å²) in [5, 5.41) is 3.65. The molecule has 1 atom stereocenters. The molecule has 104 valence electrons. The average molecular weight is 297 g/mol. The molecule has 0 aromatic carbocycles. The Morgan fingerprint density at radius 3 is 2.65 bits per heavy atom. The summed E-state index contributed by atoms with van der Waals surface area (Å²) in [7, 11) is 0. The van der Waals surface area contributed by atoms with Gasteiger partial charge < -0.3 is 4.52 Å². The number of nitrogens with zero attached hydrogens (tertiary/aromatic N) is 4. The molecular formula is C10H9ClN6O3. The van der Waals surface area contributed by atoms with Gasteiger partial charge >= 0.3 is 5.69 Å². The summed E-state index contributed by atoms with van der Waals surface area (Å²) in [6, 6.07) is 0. The molecule has 0 saturated carbocycles. The Labute approximate surface area is 115 Å². The lowest BCUT2D eigenvalue weighted by molar-refractivity contribution is 0.363. The number of halogens is 1. The molecule has 1 unspecified atom stereocenters. The molecule has 3 aromatic heterocycles. The Kier molecular flexibility index (Phi) is 2.71. The fourth-order valence-corrected chi connectivity index (χ4v) is 2.27. The highest BCUT2D eigenvalue weighted by Gasteiger charge is 2.24. The third kappa shape index (κ3) is 1.83. The second-order valence-electron chi connectivity index (χ2n) is 4.15. The highest BCUT2D eigenvalue weighted by Crippen LogP contribution is 2.25. The van der Waals surface area contributed by atoms with Crippen molar-refractivity contribution in [1.29, 1.82) is 0 Å². The molecule has 0 radical (unpaired) electrons. The maximum atomic E-state index is 11.9. The minimum atomic E-state index is -0.895. The Bertz CT molecular complexity index is 904. The maximum Gasteiger partial charge on any atom is 0.327 e. The van der Waals surface area contributed by atoms with Crippen LogP contribution < -0.4 is 11.2 Å². The molecule has 3 rings (SSSR count). The standard InChI is InChI=1S/C10H9ClN6O3/c1-3-12-9(20-16-3)6(11)17-4(2)13-7-5(17)8(18)15-10(19)14-7/h6H,1-2H3,(H2,14,15,18,19). The van der Waals surface area contributed by atoms with Crippen LogP contribution in [0.25, 0.3) is 11.2 Å². The van der Waals surface area contributed by atoms with Gasteiger partial charge in [-0.3, -0.25) is 19.3 Å². The summed E-state index contributed by atoms with van der Waals surface area (Å²) in [4.78, 5) is 35.8. The first-order chi connectivity index (χ1) is 9.47.